The summed E-state index contributed by atoms with van der Waals surface area (Å²) in [5.74, 6) is 0.490. The number of aromatic nitrogens is 4. The number of alkyl halides is 3. The molecule has 1 aromatic heterocycles. The summed E-state index contributed by atoms with van der Waals surface area (Å²) in [6, 6.07) is 4.99. The molecule has 0 radical (unpaired) electrons. The number of ether oxygens (including phenoxy) is 1. The maximum Gasteiger partial charge on any atom is 0.416 e. The van der Waals surface area contributed by atoms with Gasteiger partial charge in [-0.3, -0.25) is 4.90 Å². The molecule has 130 valence electrons. The molecule has 0 spiro atoms. The van der Waals surface area contributed by atoms with Gasteiger partial charge in [0.1, 0.15) is 0 Å². The first-order valence-corrected chi connectivity index (χ1v) is 7.59. The lowest BCUT2D eigenvalue weighted by Crippen LogP contribution is -2.49. The van der Waals surface area contributed by atoms with Crippen LogP contribution in [0.1, 0.15) is 25.2 Å². The minimum atomic E-state index is -4.41. The zero-order valence-electron chi connectivity index (χ0n) is 13.4. The zero-order valence-corrected chi connectivity index (χ0v) is 13.4. The van der Waals surface area contributed by atoms with E-state index >= 15 is 0 Å². The van der Waals surface area contributed by atoms with Gasteiger partial charge in [-0.1, -0.05) is 6.07 Å². The van der Waals surface area contributed by atoms with Gasteiger partial charge < -0.3 is 4.74 Å². The largest absolute Gasteiger partial charge is 0.416 e. The second-order valence-electron chi connectivity index (χ2n) is 6.12. The van der Waals surface area contributed by atoms with E-state index in [-0.39, 0.29) is 5.69 Å². The van der Waals surface area contributed by atoms with Gasteiger partial charge >= 0.3 is 6.18 Å². The predicted octanol–water partition coefficient (Wildman–Crippen LogP) is 2.25. The third-order valence-corrected chi connectivity index (χ3v) is 4.24. The average Bonchev–Trinajstić information content (AvgIpc) is 3.05. The van der Waals surface area contributed by atoms with Crippen LogP contribution in [0.3, 0.4) is 0 Å². The van der Waals surface area contributed by atoms with E-state index in [0.29, 0.717) is 32.1 Å². The van der Waals surface area contributed by atoms with Crippen molar-refractivity contribution in [2.24, 2.45) is 0 Å². The number of morpholine rings is 1. The molecule has 0 N–H and O–H groups in total. The van der Waals surface area contributed by atoms with Crippen LogP contribution in [0.25, 0.3) is 5.69 Å². The average molecular weight is 341 g/mol. The molecule has 9 heteroatoms. The summed E-state index contributed by atoms with van der Waals surface area (Å²) in [4.78, 5) is 2.16. The van der Waals surface area contributed by atoms with E-state index in [2.05, 4.69) is 20.4 Å². The Kier molecular flexibility index (Phi) is 4.31. The number of halogens is 3. The Balaban J connectivity index is 1.99. The van der Waals surface area contributed by atoms with Crippen molar-refractivity contribution in [1.29, 1.82) is 0 Å². The molecule has 0 aliphatic carbocycles. The fraction of sp³-hybridized carbons (Fsp3) is 0.533. The van der Waals surface area contributed by atoms with Crippen LogP contribution in [0.2, 0.25) is 0 Å². The SMILES string of the molecule is CC(C)(c1nnnn1-c1cccc(C(F)(F)F)c1)N1CCOCC1. The van der Waals surface area contributed by atoms with Crippen molar-refractivity contribution in [3.63, 3.8) is 0 Å². The molecular weight excluding hydrogens is 323 g/mol. The van der Waals surface area contributed by atoms with Gasteiger partial charge in [0.15, 0.2) is 5.82 Å². The van der Waals surface area contributed by atoms with Crippen LogP contribution in [0, 0.1) is 0 Å². The lowest BCUT2D eigenvalue weighted by Gasteiger charge is -2.39. The van der Waals surface area contributed by atoms with Crippen LogP contribution >= 0.6 is 0 Å². The molecule has 1 aliphatic heterocycles. The minimum Gasteiger partial charge on any atom is -0.379 e. The lowest BCUT2D eigenvalue weighted by atomic mass is 10.0. The van der Waals surface area contributed by atoms with E-state index in [1.807, 2.05) is 13.8 Å². The van der Waals surface area contributed by atoms with E-state index in [0.717, 1.165) is 12.1 Å². The Morgan fingerprint density at radius 3 is 2.50 bits per heavy atom. The third kappa shape index (κ3) is 3.13. The van der Waals surface area contributed by atoms with Gasteiger partial charge in [0.2, 0.25) is 0 Å². The van der Waals surface area contributed by atoms with Gasteiger partial charge in [-0.25, -0.2) is 0 Å². The van der Waals surface area contributed by atoms with E-state index in [1.54, 1.807) is 6.07 Å². The molecular formula is C15H18F3N5O. The molecule has 1 fully saturated rings. The first kappa shape index (κ1) is 16.8. The van der Waals surface area contributed by atoms with Crippen LogP contribution in [0.15, 0.2) is 24.3 Å². The highest BCUT2D eigenvalue weighted by molar-refractivity contribution is 5.37. The maximum absolute atomic E-state index is 13.0. The topological polar surface area (TPSA) is 56.1 Å². The highest BCUT2D eigenvalue weighted by atomic mass is 19.4. The Labute approximate surface area is 137 Å². The molecule has 3 rings (SSSR count). The molecule has 0 atom stereocenters. The Bertz CT molecular complexity index is 707. The van der Waals surface area contributed by atoms with Crippen molar-refractivity contribution in [3.8, 4) is 5.69 Å². The lowest BCUT2D eigenvalue weighted by molar-refractivity contribution is -0.137. The number of tetrazole rings is 1. The number of hydrogen-bond acceptors (Lipinski definition) is 5. The van der Waals surface area contributed by atoms with Gasteiger partial charge in [-0.05, 0) is 42.5 Å². The van der Waals surface area contributed by atoms with Gasteiger partial charge in [-0.2, -0.15) is 17.9 Å². The smallest absolute Gasteiger partial charge is 0.379 e. The Morgan fingerprint density at radius 1 is 1.12 bits per heavy atom. The summed E-state index contributed by atoms with van der Waals surface area (Å²) in [5.41, 5.74) is -0.988. The Hall–Kier alpha value is -2.00. The van der Waals surface area contributed by atoms with Crippen LogP contribution in [0.5, 0.6) is 0 Å². The monoisotopic (exact) mass is 341 g/mol. The molecule has 0 bridgehead atoms. The van der Waals surface area contributed by atoms with Gasteiger partial charge in [0, 0.05) is 13.1 Å². The van der Waals surface area contributed by atoms with E-state index in [4.69, 9.17) is 4.74 Å². The summed E-state index contributed by atoms with van der Waals surface area (Å²) >= 11 is 0. The van der Waals surface area contributed by atoms with E-state index in [9.17, 15) is 13.2 Å². The second kappa shape index (κ2) is 6.14. The van der Waals surface area contributed by atoms with Crippen molar-refractivity contribution in [1.82, 2.24) is 25.1 Å². The summed E-state index contributed by atoms with van der Waals surface area (Å²) in [5, 5.41) is 11.6. The van der Waals surface area contributed by atoms with Crippen LogP contribution in [-0.4, -0.2) is 51.4 Å². The van der Waals surface area contributed by atoms with E-state index in [1.165, 1.54) is 10.7 Å². The maximum atomic E-state index is 13.0. The number of nitrogens with zero attached hydrogens (tertiary/aromatic N) is 5. The number of hydrogen-bond donors (Lipinski definition) is 0. The molecule has 2 aromatic rings. The summed E-state index contributed by atoms with van der Waals surface area (Å²) in [6.07, 6.45) is -4.41. The highest BCUT2D eigenvalue weighted by Crippen LogP contribution is 2.32. The molecule has 0 amide bonds. The second-order valence-corrected chi connectivity index (χ2v) is 6.12. The van der Waals surface area contributed by atoms with Crippen molar-refractivity contribution in [2.45, 2.75) is 25.6 Å². The molecule has 0 unspecified atom stereocenters. The van der Waals surface area contributed by atoms with Gasteiger partial charge in [0.05, 0.1) is 30.0 Å². The van der Waals surface area contributed by atoms with Crippen molar-refractivity contribution in [2.75, 3.05) is 26.3 Å². The first-order chi connectivity index (χ1) is 11.3. The molecule has 1 aliphatic rings. The van der Waals surface area contributed by atoms with Crippen LogP contribution in [0.4, 0.5) is 13.2 Å². The molecule has 24 heavy (non-hydrogen) atoms. The first-order valence-electron chi connectivity index (χ1n) is 7.59. The third-order valence-electron chi connectivity index (χ3n) is 4.24. The van der Waals surface area contributed by atoms with E-state index < -0.39 is 17.3 Å². The molecule has 6 nitrogen and oxygen atoms in total. The number of benzene rings is 1. The van der Waals surface area contributed by atoms with Crippen LogP contribution in [-0.2, 0) is 16.5 Å². The summed E-state index contributed by atoms with van der Waals surface area (Å²) < 4.78 is 45.6. The van der Waals surface area contributed by atoms with Crippen molar-refractivity contribution in [3.05, 3.63) is 35.7 Å². The van der Waals surface area contributed by atoms with Crippen molar-refractivity contribution < 1.29 is 17.9 Å². The van der Waals surface area contributed by atoms with Crippen molar-refractivity contribution >= 4 is 0 Å². The molecule has 0 saturated carbocycles. The minimum absolute atomic E-state index is 0.283. The molecule has 1 saturated heterocycles. The molecule has 1 aromatic carbocycles. The summed E-state index contributed by atoms with van der Waals surface area (Å²) in [6.45, 7) is 6.54. The zero-order chi connectivity index (χ0) is 17.4. The summed E-state index contributed by atoms with van der Waals surface area (Å²) in [7, 11) is 0. The highest BCUT2D eigenvalue weighted by Gasteiger charge is 2.36. The molecule has 2 heterocycles. The van der Waals surface area contributed by atoms with Gasteiger partial charge in [-0.15, -0.1) is 5.10 Å². The van der Waals surface area contributed by atoms with Gasteiger partial charge in [0.25, 0.3) is 0 Å². The Morgan fingerprint density at radius 2 is 1.83 bits per heavy atom. The predicted molar refractivity (Wildman–Crippen MR) is 79.6 cm³/mol. The standard InChI is InChI=1S/C15H18F3N5O/c1-14(2,22-6-8-24-9-7-22)13-19-20-21-23(13)12-5-3-4-11(10-12)15(16,17)18/h3-5,10H,6-9H2,1-2H3. The normalized spacial score (nSPS) is 17.2. The number of rotatable bonds is 3. The van der Waals surface area contributed by atoms with Crippen LogP contribution < -0.4 is 0 Å². The fourth-order valence-corrected chi connectivity index (χ4v) is 2.82. The fourth-order valence-electron chi connectivity index (χ4n) is 2.82. The quantitative estimate of drug-likeness (QED) is 0.857.